The van der Waals surface area contributed by atoms with Gasteiger partial charge < -0.3 is 14.0 Å². The molecular weight excluding hydrogens is 424 g/mol. The molecule has 3 rings (SSSR count). The van der Waals surface area contributed by atoms with Crippen molar-refractivity contribution in [3.05, 3.63) is 34.6 Å². The first kappa shape index (κ1) is 22.0. The number of nitrogens with zero attached hydrogens (tertiary/aromatic N) is 5. The molecule has 9 nitrogen and oxygen atoms in total. The van der Waals surface area contributed by atoms with Gasteiger partial charge in [-0.25, -0.2) is 0 Å². The molecular formula is C19H24N6O3S2. The van der Waals surface area contributed by atoms with Crippen LogP contribution in [0.1, 0.15) is 30.2 Å². The van der Waals surface area contributed by atoms with E-state index in [0.29, 0.717) is 34.8 Å². The van der Waals surface area contributed by atoms with Crippen LogP contribution in [0.15, 0.2) is 23.4 Å². The van der Waals surface area contributed by atoms with E-state index < -0.39 is 0 Å². The molecule has 0 fully saturated rings. The molecule has 0 aliphatic carbocycles. The minimum Gasteiger partial charge on any atom is -0.493 e. The van der Waals surface area contributed by atoms with Crippen molar-refractivity contribution >= 4 is 34.1 Å². The standard InChI is InChI=1S/C19H24N6O3S2/c1-5-17-22-23-18(30-17)20-16(26)11-29-19-24-21-15(25(19)6-2)10-12-7-8-13(27-3)14(9-12)28-4/h7-9H,5-6,10-11H2,1-4H3,(H,20,23,26). The highest BCUT2D eigenvalue weighted by Gasteiger charge is 2.15. The van der Waals surface area contributed by atoms with Crippen molar-refractivity contribution in [3.63, 3.8) is 0 Å². The fourth-order valence-electron chi connectivity index (χ4n) is 2.78. The number of nitrogens with one attached hydrogen (secondary N) is 1. The lowest BCUT2D eigenvalue weighted by atomic mass is 10.1. The normalized spacial score (nSPS) is 10.8. The van der Waals surface area contributed by atoms with Gasteiger partial charge >= 0.3 is 0 Å². The summed E-state index contributed by atoms with van der Waals surface area (Å²) in [6, 6.07) is 5.78. The summed E-state index contributed by atoms with van der Waals surface area (Å²) in [6.45, 7) is 4.73. The number of carbonyl (C=O) groups is 1. The monoisotopic (exact) mass is 448 g/mol. The van der Waals surface area contributed by atoms with Crippen molar-refractivity contribution < 1.29 is 14.3 Å². The molecule has 0 atom stereocenters. The van der Waals surface area contributed by atoms with E-state index in [1.54, 1.807) is 14.2 Å². The topological polar surface area (TPSA) is 104 Å². The summed E-state index contributed by atoms with van der Waals surface area (Å²) < 4.78 is 12.7. The van der Waals surface area contributed by atoms with E-state index in [1.165, 1.54) is 23.1 Å². The Morgan fingerprint density at radius 2 is 1.93 bits per heavy atom. The van der Waals surface area contributed by atoms with Crippen molar-refractivity contribution in [1.82, 2.24) is 25.0 Å². The van der Waals surface area contributed by atoms with Crippen LogP contribution in [0.25, 0.3) is 0 Å². The number of hydrogen-bond acceptors (Lipinski definition) is 9. The molecule has 0 bridgehead atoms. The molecule has 1 aromatic carbocycles. The van der Waals surface area contributed by atoms with Gasteiger partial charge in [0.1, 0.15) is 10.8 Å². The van der Waals surface area contributed by atoms with Crippen LogP contribution in [-0.4, -0.2) is 50.8 Å². The van der Waals surface area contributed by atoms with E-state index in [1.807, 2.05) is 36.6 Å². The van der Waals surface area contributed by atoms with Crippen LogP contribution < -0.4 is 14.8 Å². The SMILES string of the molecule is CCc1nnc(NC(=O)CSc2nnc(Cc3ccc(OC)c(OC)c3)n2CC)s1. The van der Waals surface area contributed by atoms with E-state index in [0.717, 1.165) is 22.8 Å². The predicted molar refractivity (Wildman–Crippen MR) is 117 cm³/mol. The molecule has 2 aromatic heterocycles. The van der Waals surface area contributed by atoms with Gasteiger partial charge in [0, 0.05) is 13.0 Å². The van der Waals surface area contributed by atoms with Crippen LogP contribution in [0.5, 0.6) is 11.5 Å². The summed E-state index contributed by atoms with van der Waals surface area (Å²) in [5, 5.41) is 21.5. The number of benzene rings is 1. The maximum atomic E-state index is 12.2. The van der Waals surface area contributed by atoms with Crippen molar-refractivity contribution in [2.24, 2.45) is 0 Å². The molecule has 0 aliphatic heterocycles. The average Bonchev–Trinajstić information content (AvgIpc) is 3.38. The van der Waals surface area contributed by atoms with Gasteiger partial charge in [0.15, 0.2) is 16.7 Å². The smallest absolute Gasteiger partial charge is 0.236 e. The first-order chi connectivity index (χ1) is 14.6. The lowest BCUT2D eigenvalue weighted by Crippen LogP contribution is -2.14. The van der Waals surface area contributed by atoms with E-state index in [2.05, 4.69) is 25.7 Å². The van der Waals surface area contributed by atoms with E-state index in [-0.39, 0.29) is 11.7 Å². The first-order valence-electron chi connectivity index (χ1n) is 9.45. The van der Waals surface area contributed by atoms with Gasteiger partial charge in [-0.05, 0) is 31.0 Å². The number of aromatic nitrogens is 5. The molecule has 0 saturated carbocycles. The lowest BCUT2D eigenvalue weighted by Gasteiger charge is -2.10. The van der Waals surface area contributed by atoms with Crippen LogP contribution in [0.4, 0.5) is 5.13 Å². The summed E-state index contributed by atoms with van der Waals surface area (Å²) in [6.07, 6.45) is 1.39. The van der Waals surface area contributed by atoms with Crippen molar-refractivity contribution in [1.29, 1.82) is 0 Å². The van der Waals surface area contributed by atoms with Crippen LogP contribution >= 0.6 is 23.1 Å². The van der Waals surface area contributed by atoms with E-state index in [9.17, 15) is 4.79 Å². The van der Waals surface area contributed by atoms with Crippen molar-refractivity contribution in [2.75, 3.05) is 25.3 Å². The van der Waals surface area contributed by atoms with Gasteiger partial charge in [-0.2, -0.15) is 0 Å². The Bertz CT molecular complexity index is 1000. The highest BCUT2D eigenvalue weighted by atomic mass is 32.2. The molecule has 2 heterocycles. The van der Waals surface area contributed by atoms with Gasteiger partial charge in [-0.15, -0.1) is 20.4 Å². The summed E-state index contributed by atoms with van der Waals surface area (Å²) in [4.78, 5) is 12.2. The summed E-state index contributed by atoms with van der Waals surface area (Å²) >= 11 is 2.73. The molecule has 0 unspecified atom stereocenters. The number of methoxy groups -OCH3 is 2. The first-order valence-corrected chi connectivity index (χ1v) is 11.3. The molecule has 11 heteroatoms. The van der Waals surface area contributed by atoms with Gasteiger partial charge in [0.25, 0.3) is 0 Å². The fraction of sp³-hybridized carbons (Fsp3) is 0.421. The quantitative estimate of drug-likeness (QED) is 0.472. The van der Waals surface area contributed by atoms with Crippen molar-refractivity contribution in [2.45, 2.75) is 38.4 Å². The Balaban J connectivity index is 1.64. The number of thioether (sulfide) groups is 1. The average molecular weight is 449 g/mol. The third-order valence-electron chi connectivity index (χ3n) is 4.27. The van der Waals surface area contributed by atoms with Crippen LogP contribution in [-0.2, 0) is 24.2 Å². The Morgan fingerprint density at radius 1 is 1.13 bits per heavy atom. The molecule has 160 valence electrons. The Labute approximate surface area is 183 Å². The van der Waals surface area contributed by atoms with E-state index >= 15 is 0 Å². The zero-order valence-corrected chi connectivity index (χ0v) is 19.0. The third-order valence-corrected chi connectivity index (χ3v) is 6.22. The van der Waals surface area contributed by atoms with Crippen LogP contribution in [0.2, 0.25) is 0 Å². The Kier molecular flexibility index (Phi) is 7.63. The highest BCUT2D eigenvalue weighted by molar-refractivity contribution is 7.99. The van der Waals surface area contributed by atoms with Crippen molar-refractivity contribution in [3.8, 4) is 11.5 Å². The maximum Gasteiger partial charge on any atom is 0.236 e. The Morgan fingerprint density at radius 3 is 2.60 bits per heavy atom. The number of hydrogen-bond donors (Lipinski definition) is 1. The third kappa shape index (κ3) is 5.28. The molecule has 0 aliphatic rings. The zero-order chi connectivity index (χ0) is 21.5. The van der Waals surface area contributed by atoms with Crippen LogP contribution in [0, 0.1) is 0 Å². The van der Waals surface area contributed by atoms with Gasteiger partial charge in [0.2, 0.25) is 11.0 Å². The highest BCUT2D eigenvalue weighted by Crippen LogP contribution is 2.29. The second kappa shape index (κ2) is 10.4. The summed E-state index contributed by atoms with van der Waals surface area (Å²) in [5.74, 6) is 2.25. The molecule has 1 amide bonds. The minimum absolute atomic E-state index is 0.147. The minimum atomic E-state index is -0.147. The number of carbonyl (C=O) groups excluding carboxylic acids is 1. The predicted octanol–water partition coefficient (Wildman–Crippen LogP) is 3.05. The molecule has 0 spiro atoms. The largest absolute Gasteiger partial charge is 0.493 e. The van der Waals surface area contributed by atoms with Gasteiger partial charge in [-0.1, -0.05) is 36.1 Å². The number of aryl methyl sites for hydroxylation is 1. The molecule has 30 heavy (non-hydrogen) atoms. The second-order valence-corrected chi connectivity index (χ2v) is 8.21. The molecule has 3 aromatic rings. The number of ether oxygens (including phenoxy) is 2. The van der Waals surface area contributed by atoms with Gasteiger partial charge in [0.05, 0.1) is 20.0 Å². The molecule has 0 saturated heterocycles. The fourth-order valence-corrected chi connectivity index (χ4v) is 4.30. The number of rotatable bonds is 10. The van der Waals surface area contributed by atoms with E-state index in [4.69, 9.17) is 9.47 Å². The second-order valence-electron chi connectivity index (χ2n) is 6.20. The molecule has 1 N–H and O–H groups in total. The zero-order valence-electron chi connectivity index (χ0n) is 17.3. The summed E-state index contributed by atoms with van der Waals surface area (Å²) in [7, 11) is 3.22. The molecule has 0 radical (unpaired) electrons. The number of amides is 1. The van der Waals surface area contributed by atoms with Gasteiger partial charge in [-0.3, -0.25) is 10.1 Å². The maximum absolute atomic E-state index is 12.2. The Hall–Kier alpha value is -2.66. The lowest BCUT2D eigenvalue weighted by molar-refractivity contribution is -0.113. The summed E-state index contributed by atoms with van der Waals surface area (Å²) in [5.41, 5.74) is 1.03. The van der Waals surface area contributed by atoms with Crippen LogP contribution in [0.3, 0.4) is 0 Å². The number of anilines is 1.